The summed E-state index contributed by atoms with van der Waals surface area (Å²) >= 11 is 0. The fraction of sp³-hybridized carbons (Fsp3) is 0.439. The van der Waals surface area contributed by atoms with E-state index in [1.165, 1.54) is 24.3 Å². The Morgan fingerprint density at radius 2 is 1.89 bits per heavy atom. The second-order valence-corrected chi connectivity index (χ2v) is 15.4. The number of ether oxygens (including phenoxy) is 2. The van der Waals surface area contributed by atoms with Gasteiger partial charge >= 0.3 is 6.01 Å². The molecule has 3 atom stereocenters. The van der Waals surface area contributed by atoms with Crippen LogP contribution in [0.5, 0.6) is 11.8 Å². The number of benzene rings is 3. The summed E-state index contributed by atoms with van der Waals surface area (Å²) in [5.74, 6) is 1.36. The first-order valence-electron chi connectivity index (χ1n) is 18.8. The number of aryl methyl sites for hydroxylation is 1. The van der Waals surface area contributed by atoms with Crippen LogP contribution in [0.4, 0.5) is 23.4 Å². The molecule has 0 aliphatic carbocycles. The standard InChI is InChI=1S/C41H41F4N7O3/c1-4-28-31(42)10-7-23-15-27(53)16-29(32(23)28)33-35(43)37-34(30-21-49(2)48-36(30)33)39(52-25-8-9-26(52)20-50(19-25)12-6-14-54-3)47-40(46-37)55-22-41-11-5-13-51(41)18-24(17-41)38(44)45/h1,7,10,15-16,21,25-26,53H,5-6,8-9,11-14,17-20,22H2,2-3H3/t25-,26+,41-/m0/s1. The Morgan fingerprint density at radius 1 is 1.09 bits per heavy atom. The fourth-order valence-electron chi connectivity index (χ4n) is 9.79. The maximum Gasteiger partial charge on any atom is 0.319 e. The summed E-state index contributed by atoms with van der Waals surface area (Å²) in [6, 6.07) is 5.63. The number of terminal acetylenes is 1. The number of piperazine rings is 1. The molecule has 0 unspecified atom stereocenters. The van der Waals surface area contributed by atoms with Gasteiger partial charge in [-0.2, -0.15) is 23.8 Å². The highest BCUT2D eigenvalue weighted by Crippen LogP contribution is 2.47. The number of likely N-dealkylation sites (tertiary alicyclic amines) is 1. The molecule has 4 aliphatic rings. The van der Waals surface area contributed by atoms with Crippen LogP contribution in [0, 0.1) is 24.0 Å². The second-order valence-electron chi connectivity index (χ2n) is 15.4. The molecule has 2 bridgehead atoms. The van der Waals surface area contributed by atoms with Crippen LogP contribution < -0.4 is 9.64 Å². The lowest BCUT2D eigenvalue weighted by molar-refractivity contribution is 0.108. The zero-order chi connectivity index (χ0) is 38.2. The number of halogens is 4. The van der Waals surface area contributed by atoms with Crippen molar-refractivity contribution in [3.8, 4) is 35.2 Å². The van der Waals surface area contributed by atoms with Gasteiger partial charge in [0.05, 0.1) is 16.5 Å². The molecule has 14 heteroatoms. The van der Waals surface area contributed by atoms with Crippen LogP contribution in [-0.2, 0) is 11.8 Å². The average molecular weight is 756 g/mol. The molecule has 4 fully saturated rings. The van der Waals surface area contributed by atoms with Gasteiger partial charge in [0, 0.05) is 87.1 Å². The van der Waals surface area contributed by atoms with E-state index in [9.17, 15) is 13.9 Å². The number of hydrogen-bond donors (Lipinski definition) is 1. The van der Waals surface area contributed by atoms with Gasteiger partial charge in [-0.1, -0.05) is 12.0 Å². The monoisotopic (exact) mass is 755 g/mol. The number of nitrogens with zero attached hydrogens (tertiary/aromatic N) is 7. The predicted octanol–water partition coefficient (Wildman–Crippen LogP) is 6.76. The third-order valence-electron chi connectivity index (χ3n) is 12.1. The number of phenols is 1. The van der Waals surface area contributed by atoms with Gasteiger partial charge in [0.15, 0.2) is 5.82 Å². The van der Waals surface area contributed by atoms with Gasteiger partial charge in [0.25, 0.3) is 6.08 Å². The minimum absolute atomic E-state index is 0.00260. The summed E-state index contributed by atoms with van der Waals surface area (Å²) in [6.45, 7) is 4.06. The van der Waals surface area contributed by atoms with Crippen LogP contribution in [0.1, 0.15) is 44.1 Å². The van der Waals surface area contributed by atoms with Crippen molar-refractivity contribution in [2.24, 2.45) is 7.05 Å². The molecule has 1 N–H and O–H groups in total. The Hall–Kier alpha value is -4.97. The van der Waals surface area contributed by atoms with Crippen molar-refractivity contribution in [1.82, 2.24) is 29.5 Å². The summed E-state index contributed by atoms with van der Waals surface area (Å²) in [5.41, 5.74) is -0.200. The third-order valence-corrected chi connectivity index (χ3v) is 12.1. The van der Waals surface area contributed by atoms with Gasteiger partial charge in [0.2, 0.25) is 0 Å². The van der Waals surface area contributed by atoms with Crippen molar-refractivity contribution in [2.75, 3.05) is 57.9 Å². The molecule has 0 spiro atoms. The minimum Gasteiger partial charge on any atom is -0.508 e. The Morgan fingerprint density at radius 3 is 2.64 bits per heavy atom. The van der Waals surface area contributed by atoms with Crippen LogP contribution in [0.25, 0.3) is 43.7 Å². The van der Waals surface area contributed by atoms with E-state index in [1.54, 1.807) is 25.0 Å². The van der Waals surface area contributed by atoms with E-state index in [4.69, 9.17) is 31.0 Å². The van der Waals surface area contributed by atoms with Gasteiger partial charge in [-0.15, -0.1) is 6.42 Å². The summed E-state index contributed by atoms with van der Waals surface area (Å²) in [7, 11) is 3.43. The number of fused-ring (bicyclic) bond motifs is 7. The van der Waals surface area contributed by atoms with Crippen LogP contribution >= 0.6 is 0 Å². The van der Waals surface area contributed by atoms with E-state index < -0.39 is 23.3 Å². The first-order valence-corrected chi connectivity index (χ1v) is 18.8. The number of rotatable bonds is 9. The smallest absolute Gasteiger partial charge is 0.319 e. The quantitative estimate of drug-likeness (QED) is 0.0996. The second kappa shape index (κ2) is 13.6. The average Bonchev–Trinajstić information content (AvgIpc) is 3.90. The molecular formula is C41H41F4N7O3. The molecule has 286 valence electrons. The molecule has 6 heterocycles. The van der Waals surface area contributed by atoms with E-state index in [0.29, 0.717) is 41.5 Å². The molecule has 0 radical (unpaired) electrons. The van der Waals surface area contributed by atoms with Crippen molar-refractivity contribution in [3.05, 3.63) is 59.3 Å². The SMILES string of the molecule is C#Cc1c(F)ccc2cc(O)cc(-c3c(F)c4nc(OC[C@@]56CCCN5CC(=C(F)F)C6)nc(N5[C@@H]6CC[C@H]5CN(CCCOC)C6)c4c4cn(C)nc34)c12. The Kier molecular flexibility index (Phi) is 8.86. The highest BCUT2D eigenvalue weighted by molar-refractivity contribution is 6.18. The number of aromatic hydroxyl groups is 1. The predicted molar refractivity (Wildman–Crippen MR) is 201 cm³/mol. The topological polar surface area (TPSA) is 92.0 Å². The maximum absolute atomic E-state index is 17.8. The number of hydrogen-bond acceptors (Lipinski definition) is 9. The number of anilines is 1. The van der Waals surface area contributed by atoms with Crippen LogP contribution in [0.3, 0.4) is 0 Å². The molecule has 2 aromatic heterocycles. The molecule has 4 aliphatic heterocycles. The molecule has 55 heavy (non-hydrogen) atoms. The lowest BCUT2D eigenvalue weighted by Crippen LogP contribution is -2.54. The Bertz CT molecular complexity index is 2430. The minimum atomic E-state index is -1.66. The maximum atomic E-state index is 17.8. The van der Waals surface area contributed by atoms with E-state index in [2.05, 4.69) is 15.7 Å². The normalized spacial score (nSPS) is 22.7. The van der Waals surface area contributed by atoms with Crippen molar-refractivity contribution in [1.29, 1.82) is 0 Å². The van der Waals surface area contributed by atoms with Crippen LogP contribution in [0.15, 0.2) is 42.1 Å². The number of methoxy groups -OCH3 is 1. The van der Waals surface area contributed by atoms with Crippen molar-refractivity contribution in [2.45, 2.75) is 56.1 Å². The zero-order valence-electron chi connectivity index (χ0n) is 30.7. The molecule has 3 aromatic carbocycles. The van der Waals surface area contributed by atoms with E-state index in [1.807, 2.05) is 4.90 Å². The Balaban J connectivity index is 1.25. The Labute approximate surface area is 315 Å². The van der Waals surface area contributed by atoms with E-state index >= 15 is 8.78 Å². The van der Waals surface area contributed by atoms with Gasteiger partial charge < -0.3 is 19.5 Å². The largest absolute Gasteiger partial charge is 0.508 e. The molecule has 10 nitrogen and oxygen atoms in total. The third kappa shape index (κ3) is 5.86. The highest BCUT2D eigenvalue weighted by Gasteiger charge is 2.49. The molecule has 0 amide bonds. The van der Waals surface area contributed by atoms with Crippen molar-refractivity contribution in [3.63, 3.8) is 0 Å². The summed E-state index contributed by atoms with van der Waals surface area (Å²) < 4.78 is 74.0. The van der Waals surface area contributed by atoms with Gasteiger partial charge in [-0.05, 0) is 74.2 Å². The van der Waals surface area contributed by atoms with Gasteiger partial charge in [-0.25, -0.2) is 8.78 Å². The molecule has 9 rings (SSSR count). The van der Waals surface area contributed by atoms with E-state index in [-0.39, 0.29) is 82.1 Å². The van der Waals surface area contributed by atoms with Crippen LogP contribution in [-0.4, -0.2) is 105 Å². The highest BCUT2D eigenvalue weighted by atomic mass is 19.3. The molecule has 5 aromatic rings. The van der Waals surface area contributed by atoms with Gasteiger partial charge in [0.1, 0.15) is 35.0 Å². The summed E-state index contributed by atoms with van der Waals surface area (Å²) in [4.78, 5) is 16.6. The summed E-state index contributed by atoms with van der Waals surface area (Å²) in [5, 5.41) is 17.3. The lowest BCUT2D eigenvalue weighted by atomic mass is 9.91. The lowest BCUT2D eigenvalue weighted by Gasteiger charge is -2.42. The number of phenolic OH excluding ortho intramolecular Hbond substituents is 1. The van der Waals surface area contributed by atoms with E-state index in [0.717, 1.165) is 45.3 Å². The number of aromatic nitrogens is 4. The van der Waals surface area contributed by atoms with Crippen molar-refractivity contribution < 1.29 is 32.1 Å². The summed E-state index contributed by atoms with van der Waals surface area (Å²) in [6.07, 6.45) is 10.4. The van der Waals surface area contributed by atoms with Crippen molar-refractivity contribution >= 4 is 38.4 Å². The first kappa shape index (κ1) is 35.7. The van der Waals surface area contributed by atoms with Crippen LogP contribution in [0.2, 0.25) is 0 Å². The van der Waals surface area contributed by atoms with Gasteiger partial charge in [-0.3, -0.25) is 14.5 Å². The fourth-order valence-corrected chi connectivity index (χ4v) is 9.79. The first-order chi connectivity index (χ1) is 26.6. The zero-order valence-corrected chi connectivity index (χ0v) is 30.7. The molecular weight excluding hydrogens is 714 g/mol. The molecule has 4 saturated heterocycles. The molecule has 0 saturated carbocycles.